The van der Waals surface area contributed by atoms with E-state index in [9.17, 15) is 5.11 Å². The molecule has 0 aliphatic rings. The lowest BCUT2D eigenvalue weighted by atomic mass is 10.2. The van der Waals surface area contributed by atoms with Crippen LogP contribution in [0.3, 0.4) is 0 Å². The topological polar surface area (TPSA) is 37.2 Å². The van der Waals surface area contributed by atoms with E-state index in [4.69, 9.17) is 12.2 Å². The molecule has 2 aromatic carbocycles. The van der Waals surface area contributed by atoms with Gasteiger partial charge in [0.25, 0.3) is 0 Å². The molecule has 0 unspecified atom stereocenters. The molecule has 22 heavy (non-hydrogen) atoms. The highest BCUT2D eigenvalue weighted by Gasteiger charge is 2.17. The number of anilines is 1. The summed E-state index contributed by atoms with van der Waals surface area (Å²) in [4.78, 5) is 0.510. The van der Waals surface area contributed by atoms with E-state index in [1.807, 2.05) is 73.8 Å². The third-order valence-electron chi connectivity index (χ3n) is 3.46. The number of aromatic hydroxyl groups is 1. The van der Waals surface area contributed by atoms with Crippen LogP contribution in [-0.4, -0.2) is 14.7 Å². The summed E-state index contributed by atoms with van der Waals surface area (Å²) in [7, 11) is 0. The van der Waals surface area contributed by atoms with Crippen molar-refractivity contribution < 1.29 is 5.11 Å². The molecule has 1 heterocycles. The highest BCUT2D eigenvalue weighted by Crippen LogP contribution is 2.28. The lowest BCUT2D eigenvalue weighted by Crippen LogP contribution is -2.11. The summed E-state index contributed by atoms with van der Waals surface area (Å²) in [6.07, 6.45) is 1.89. The summed E-state index contributed by atoms with van der Waals surface area (Å²) < 4.78 is 1.74. The van der Waals surface area contributed by atoms with Crippen LogP contribution in [0.4, 0.5) is 5.69 Å². The van der Waals surface area contributed by atoms with Crippen LogP contribution in [0.5, 0.6) is 5.88 Å². The predicted molar refractivity (Wildman–Crippen MR) is 93.9 cm³/mol. The van der Waals surface area contributed by atoms with Crippen molar-refractivity contribution >= 4 is 22.9 Å². The highest BCUT2D eigenvalue weighted by molar-refractivity contribution is 7.81. The second-order valence-corrected chi connectivity index (χ2v) is 5.44. The van der Waals surface area contributed by atoms with Crippen molar-refractivity contribution in [1.29, 1.82) is 0 Å². The smallest absolute Gasteiger partial charge is 0.206 e. The third-order valence-corrected chi connectivity index (χ3v) is 3.77. The fourth-order valence-electron chi connectivity index (χ4n) is 2.40. The molecule has 3 aromatic rings. The van der Waals surface area contributed by atoms with Gasteiger partial charge in [0.1, 0.15) is 4.99 Å². The fraction of sp³-hybridized carbons (Fsp3) is 0.0556. The molecule has 2 N–H and O–H groups in total. The Hall–Kier alpha value is -2.59. The molecule has 0 radical (unpaired) electrons. The Balaban J connectivity index is 1.95. The normalized spacial score (nSPS) is 10.4. The largest absolute Gasteiger partial charge is 0.494 e. The van der Waals surface area contributed by atoms with Crippen molar-refractivity contribution in [2.75, 3.05) is 5.32 Å². The molecule has 0 fully saturated rings. The quantitative estimate of drug-likeness (QED) is 0.709. The lowest BCUT2D eigenvalue weighted by molar-refractivity contribution is 0.442. The Morgan fingerprint density at radius 3 is 2.23 bits per heavy atom. The summed E-state index contributed by atoms with van der Waals surface area (Å²) >= 11 is 5.46. The first kappa shape index (κ1) is 14.4. The molecule has 3 nitrogen and oxygen atoms in total. The van der Waals surface area contributed by atoms with E-state index in [2.05, 4.69) is 5.32 Å². The zero-order valence-corrected chi connectivity index (χ0v) is 13.0. The number of aryl methyl sites for hydroxylation is 1. The van der Waals surface area contributed by atoms with Gasteiger partial charge in [-0.3, -0.25) is 4.57 Å². The first-order valence-corrected chi connectivity index (χ1v) is 7.40. The van der Waals surface area contributed by atoms with Gasteiger partial charge in [-0.25, -0.2) is 0 Å². The van der Waals surface area contributed by atoms with E-state index in [1.165, 1.54) is 0 Å². The minimum absolute atomic E-state index is 0.150. The molecule has 0 atom stereocenters. The maximum atomic E-state index is 10.5. The number of hydrogen-bond donors (Lipinski definition) is 2. The lowest BCUT2D eigenvalue weighted by Gasteiger charge is -2.09. The minimum Gasteiger partial charge on any atom is -0.494 e. The van der Waals surface area contributed by atoms with Crippen LogP contribution in [0.25, 0.3) is 5.69 Å². The number of nitrogens with one attached hydrogen (secondary N) is 1. The zero-order chi connectivity index (χ0) is 15.5. The Labute approximate surface area is 134 Å². The maximum absolute atomic E-state index is 10.5. The Kier molecular flexibility index (Phi) is 3.94. The van der Waals surface area contributed by atoms with Crippen LogP contribution in [-0.2, 0) is 0 Å². The van der Waals surface area contributed by atoms with Crippen LogP contribution in [0.2, 0.25) is 0 Å². The standard InChI is InChI=1S/C18H16N2OS/c1-13-12-20(15-10-6-3-7-11-15)18(21)16(13)17(22)19-14-8-4-2-5-9-14/h2-12,21H,1H3,(H,19,22). The number of thiocarbonyl (C=S) groups is 1. The fourth-order valence-corrected chi connectivity index (χ4v) is 2.77. The molecule has 0 aliphatic heterocycles. The van der Waals surface area contributed by atoms with Crippen molar-refractivity contribution in [3.05, 3.63) is 78.0 Å². The number of hydrogen-bond acceptors (Lipinski definition) is 2. The molecule has 0 saturated heterocycles. The SMILES string of the molecule is Cc1cn(-c2ccccc2)c(O)c1C(=S)Nc1ccccc1. The van der Waals surface area contributed by atoms with Gasteiger partial charge in [-0.05, 0) is 36.8 Å². The van der Waals surface area contributed by atoms with Gasteiger partial charge in [0, 0.05) is 17.6 Å². The minimum atomic E-state index is 0.150. The Bertz CT molecular complexity index is 795. The molecule has 110 valence electrons. The Morgan fingerprint density at radius 2 is 1.59 bits per heavy atom. The second-order valence-electron chi connectivity index (χ2n) is 5.04. The summed E-state index contributed by atoms with van der Waals surface area (Å²) in [6.45, 7) is 1.94. The average molecular weight is 308 g/mol. The van der Waals surface area contributed by atoms with Gasteiger partial charge < -0.3 is 10.4 Å². The molecule has 0 aliphatic carbocycles. The van der Waals surface area contributed by atoms with Gasteiger partial charge in [0.15, 0.2) is 0 Å². The molecule has 1 aromatic heterocycles. The van der Waals surface area contributed by atoms with Gasteiger partial charge in [-0.1, -0.05) is 48.6 Å². The zero-order valence-electron chi connectivity index (χ0n) is 12.2. The van der Waals surface area contributed by atoms with E-state index in [1.54, 1.807) is 4.57 Å². The van der Waals surface area contributed by atoms with Gasteiger partial charge in [0.2, 0.25) is 5.88 Å². The van der Waals surface area contributed by atoms with E-state index in [0.29, 0.717) is 10.6 Å². The maximum Gasteiger partial charge on any atom is 0.206 e. The molecule has 0 amide bonds. The average Bonchev–Trinajstić information content (AvgIpc) is 2.84. The molecule has 0 bridgehead atoms. The van der Waals surface area contributed by atoms with Crippen molar-refractivity contribution in [3.8, 4) is 11.6 Å². The van der Waals surface area contributed by atoms with E-state index >= 15 is 0 Å². The first-order chi connectivity index (χ1) is 10.7. The van der Waals surface area contributed by atoms with Gasteiger partial charge in [0.05, 0.1) is 5.56 Å². The molecule has 0 spiro atoms. The summed E-state index contributed by atoms with van der Waals surface area (Å²) in [5, 5.41) is 13.7. The summed E-state index contributed by atoms with van der Waals surface area (Å²) in [5.74, 6) is 0.150. The van der Waals surface area contributed by atoms with Crippen LogP contribution in [0.1, 0.15) is 11.1 Å². The number of para-hydroxylation sites is 2. The molecular formula is C18H16N2OS. The number of rotatable bonds is 3. The van der Waals surface area contributed by atoms with Crippen molar-refractivity contribution in [1.82, 2.24) is 4.57 Å². The summed E-state index contributed by atoms with van der Waals surface area (Å²) in [5.41, 5.74) is 3.38. The number of benzene rings is 2. The predicted octanol–water partition coefficient (Wildman–Crippen LogP) is 4.28. The highest BCUT2D eigenvalue weighted by atomic mass is 32.1. The van der Waals surface area contributed by atoms with E-state index < -0.39 is 0 Å². The summed E-state index contributed by atoms with van der Waals surface area (Å²) in [6, 6.07) is 19.4. The van der Waals surface area contributed by atoms with E-state index in [-0.39, 0.29) is 5.88 Å². The first-order valence-electron chi connectivity index (χ1n) is 6.99. The van der Waals surface area contributed by atoms with Crippen molar-refractivity contribution in [3.63, 3.8) is 0 Å². The third kappa shape index (κ3) is 2.73. The van der Waals surface area contributed by atoms with Gasteiger partial charge in [-0.15, -0.1) is 0 Å². The monoisotopic (exact) mass is 308 g/mol. The molecule has 3 rings (SSSR count). The van der Waals surface area contributed by atoms with Crippen LogP contribution < -0.4 is 5.32 Å². The molecular weight excluding hydrogens is 292 g/mol. The number of aromatic nitrogens is 1. The second kappa shape index (κ2) is 6.03. The molecule has 4 heteroatoms. The Morgan fingerprint density at radius 1 is 1.00 bits per heavy atom. The number of nitrogens with zero attached hydrogens (tertiary/aromatic N) is 1. The van der Waals surface area contributed by atoms with Crippen LogP contribution >= 0.6 is 12.2 Å². The van der Waals surface area contributed by atoms with E-state index in [0.717, 1.165) is 16.9 Å². The van der Waals surface area contributed by atoms with Crippen LogP contribution in [0, 0.1) is 6.92 Å². The van der Waals surface area contributed by atoms with Crippen molar-refractivity contribution in [2.45, 2.75) is 6.92 Å². The van der Waals surface area contributed by atoms with Crippen LogP contribution in [0.15, 0.2) is 66.9 Å². The van der Waals surface area contributed by atoms with Gasteiger partial charge >= 0.3 is 0 Å². The van der Waals surface area contributed by atoms with Crippen molar-refractivity contribution in [2.24, 2.45) is 0 Å². The van der Waals surface area contributed by atoms with Gasteiger partial charge in [-0.2, -0.15) is 0 Å². The molecule has 0 saturated carbocycles.